The van der Waals surface area contributed by atoms with Crippen LogP contribution >= 0.6 is 0 Å². The Labute approximate surface area is 149 Å². The van der Waals surface area contributed by atoms with E-state index in [1.165, 1.54) is 27.3 Å². The molecular formula is C16H26N4O4S. The number of piperazine rings is 1. The van der Waals surface area contributed by atoms with Crippen molar-refractivity contribution in [1.82, 2.24) is 14.5 Å². The van der Waals surface area contributed by atoms with Crippen molar-refractivity contribution in [1.29, 1.82) is 0 Å². The summed E-state index contributed by atoms with van der Waals surface area (Å²) in [6.07, 6.45) is 0. The molecule has 0 aliphatic carbocycles. The SMILES string of the molecule is COc1ccc(NC(=O)CN2CCNC[C@H]2C)cc1S(=O)(=O)N(C)C. The first-order valence-corrected chi connectivity index (χ1v) is 9.55. The van der Waals surface area contributed by atoms with Gasteiger partial charge in [-0.25, -0.2) is 12.7 Å². The maximum absolute atomic E-state index is 12.4. The van der Waals surface area contributed by atoms with Gasteiger partial charge in [0, 0.05) is 45.5 Å². The topological polar surface area (TPSA) is 91.0 Å². The number of carbonyl (C=O) groups excluding carboxylic acids is 1. The molecule has 1 aromatic carbocycles. The Hall–Kier alpha value is -1.68. The minimum Gasteiger partial charge on any atom is -0.495 e. The second kappa shape index (κ2) is 8.13. The molecule has 1 aliphatic rings. The Morgan fingerprint density at radius 2 is 2.16 bits per heavy atom. The third-order valence-electron chi connectivity index (χ3n) is 4.19. The molecular weight excluding hydrogens is 344 g/mol. The second-order valence-corrected chi connectivity index (χ2v) is 8.35. The molecule has 1 atom stereocenters. The number of hydrogen-bond acceptors (Lipinski definition) is 6. The number of amides is 1. The Morgan fingerprint density at radius 3 is 2.76 bits per heavy atom. The minimum atomic E-state index is -3.68. The van der Waals surface area contributed by atoms with Gasteiger partial charge in [0.1, 0.15) is 10.6 Å². The zero-order valence-electron chi connectivity index (χ0n) is 15.1. The summed E-state index contributed by atoms with van der Waals surface area (Å²) in [6, 6.07) is 4.87. The average molecular weight is 370 g/mol. The first-order chi connectivity index (χ1) is 11.8. The van der Waals surface area contributed by atoms with Crippen LogP contribution < -0.4 is 15.4 Å². The van der Waals surface area contributed by atoms with E-state index < -0.39 is 10.0 Å². The molecule has 0 radical (unpaired) electrons. The molecule has 1 saturated heterocycles. The fraction of sp³-hybridized carbons (Fsp3) is 0.562. The van der Waals surface area contributed by atoms with Crippen LogP contribution in [0, 0.1) is 0 Å². The molecule has 1 amide bonds. The zero-order chi connectivity index (χ0) is 18.6. The van der Waals surface area contributed by atoms with Crippen molar-refractivity contribution in [2.75, 3.05) is 52.7 Å². The summed E-state index contributed by atoms with van der Waals surface area (Å²) < 4.78 is 31.1. The molecule has 1 aromatic rings. The van der Waals surface area contributed by atoms with Crippen LogP contribution in [-0.4, -0.2) is 77.0 Å². The van der Waals surface area contributed by atoms with Gasteiger partial charge >= 0.3 is 0 Å². The maximum Gasteiger partial charge on any atom is 0.246 e. The van der Waals surface area contributed by atoms with E-state index in [1.54, 1.807) is 12.1 Å². The van der Waals surface area contributed by atoms with E-state index in [0.717, 1.165) is 23.9 Å². The van der Waals surface area contributed by atoms with Gasteiger partial charge in [-0.3, -0.25) is 9.69 Å². The van der Waals surface area contributed by atoms with Gasteiger partial charge in [-0.1, -0.05) is 0 Å². The standard InChI is InChI=1S/C16H26N4O4S/c1-12-10-17-7-8-20(12)11-16(21)18-13-5-6-14(24-4)15(9-13)25(22,23)19(2)3/h5-6,9,12,17H,7-8,10-11H2,1-4H3,(H,18,21)/t12-/m1/s1. The van der Waals surface area contributed by atoms with Gasteiger partial charge in [0.25, 0.3) is 0 Å². The number of benzene rings is 1. The van der Waals surface area contributed by atoms with Gasteiger partial charge < -0.3 is 15.4 Å². The normalized spacial score (nSPS) is 19.0. The van der Waals surface area contributed by atoms with Gasteiger partial charge in [0.15, 0.2) is 0 Å². The minimum absolute atomic E-state index is 0.0216. The highest BCUT2D eigenvalue weighted by molar-refractivity contribution is 7.89. The Kier molecular flexibility index (Phi) is 6.39. The largest absolute Gasteiger partial charge is 0.495 e. The lowest BCUT2D eigenvalue weighted by atomic mass is 10.2. The van der Waals surface area contributed by atoms with Gasteiger partial charge in [-0.15, -0.1) is 0 Å². The molecule has 9 heteroatoms. The number of nitrogens with zero attached hydrogens (tertiary/aromatic N) is 2. The smallest absolute Gasteiger partial charge is 0.246 e. The molecule has 1 heterocycles. The number of rotatable bonds is 6. The number of nitrogens with one attached hydrogen (secondary N) is 2. The van der Waals surface area contributed by atoms with Crippen LogP contribution in [0.25, 0.3) is 0 Å². The molecule has 0 saturated carbocycles. The Morgan fingerprint density at radius 1 is 1.44 bits per heavy atom. The van der Waals surface area contributed by atoms with Crippen molar-refractivity contribution in [2.45, 2.75) is 17.9 Å². The molecule has 140 valence electrons. The molecule has 1 fully saturated rings. The molecule has 0 aromatic heterocycles. The summed E-state index contributed by atoms with van der Waals surface area (Å²) in [5, 5.41) is 6.05. The Bertz CT molecular complexity index is 721. The summed E-state index contributed by atoms with van der Waals surface area (Å²) in [5.74, 6) is 0.0644. The van der Waals surface area contributed by atoms with Gasteiger partial charge in [0.05, 0.1) is 13.7 Å². The van der Waals surface area contributed by atoms with E-state index in [1.807, 2.05) is 0 Å². The summed E-state index contributed by atoms with van der Waals surface area (Å²) in [5.41, 5.74) is 0.425. The number of sulfonamides is 1. The predicted octanol–water partition coefficient (Wildman–Crippen LogP) is 0.178. The zero-order valence-corrected chi connectivity index (χ0v) is 15.9. The van der Waals surface area contributed by atoms with Crippen molar-refractivity contribution in [2.24, 2.45) is 0 Å². The third kappa shape index (κ3) is 4.69. The van der Waals surface area contributed by atoms with Crippen molar-refractivity contribution in [3.05, 3.63) is 18.2 Å². The Balaban J connectivity index is 2.16. The highest BCUT2D eigenvalue weighted by Gasteiger charge is 2.24. The summed E-state index contributed by atoms with van der Waals surface area (Å²) in [7, 11) is 0.636. The van der Waals surface area contributed by atoms with E-state index in [4.69, 9.17) is 4.74 Å². The maximum atomic E-state index is 12.4. The van der Waals surface area contributed by atoms with Crippen LogP contribution in [0.5, 0.6) is 5.75 Å². The van der Waals surface area contributed by atoms with E-state index in [0.29, 0.717) is 5.69 Å². The van der Waals surface area contributed by atoms with Crippen molar-refractivity contribution < 1.29 is 17.9 Å². The summed E-state index contributed by atoms with van der Waals surface area (Å²) in [6.45, 7) is 4.84. The van der Waals surface area contributed by atoms with Crippen molar-refractivity contribution >= 4 is 21.6 Å². The van der Waals surface area contributed by atoms with Gasteiger partial charge in [-0.05, 0) is 25.1 Å². The number of methoxy groups -OCH3 is 1. The lowest BCUT2D eigenvalue weighted by molar-refractivity contribution is -0.118. The van der Waals surface area contributed by atoms with E-state index >= 15 is 0 Å². The summed E-state index contributed by atoms with van der Waals surface area (Å²) >= 11 is 0. The fourth-order valence-electron chi connectivity index (χ4n) is 2.66. The molecule has 0 bridgehead atoms. The van der Waals surface area contributed by atoms with Crippen LogP contribution in [0.15, 0.2) is 23.1 Å². The number of hydrogen-bond donors (Lipinski definition) is 2. The number of carbonyl (C=O) groups is 1. The second-order valence-electron chi connectivity index (χ2n) is 6.22. The van der Waals surface area contributed by atoms with E-state index in [2.05, 4.69) is 22.5 Å². The molecule has 2 rings (SSSR count). The summed E-state index contributed by atoms with van der Waals surface area (Å²) in [4.78, 5) is 14.4. The quantitative estimate of drug-likeness (QED) is 0.742. The lowest BCUT2D eigenvalue weighted by Crippen LogP contribution is -2.51. The third-order valence-corrected chi connectivity index (χ3v) is 6.03. The monoisotopic (exact) mass is 370 g/mol. The van der Waals surface area contributed by atoms with Crippen LogP contribution in [0.3, 0.4) is 0 Å². The van der Waals surface area contributed by atoms with Crippen LogP contribution in [0.4, 0.5) is 5.69 Å². The first kappa shape index (κ1) is 19.6. The van der Waals surface area contributed by atoms with Crippen LogP contribution in [0.2, 0.25) is 0 Å². The first-order valence-electron chi connectivity index (χ1n) is 8.11. The number of anilines is 1. The fourth-order valence-corrected chi connectivity index (χ4v) is 3.73. The molecule has 1 aliphatic heterocycles. The average Bonchev–Trinajstić information content (AvgIpc) is 2.56. The predicted molar refractivity (Wildman–Crippen MR) is 96.4 cm³/mol. The molecule has 0 unspecified atom stereocenters. The van der Waals surface area contributed by atoms with Crippen molar-refractivity contribution in [3.63, 3.8) is 0 Å². The molecule has 25 heavy (non-hydrogen) atoms. The highest BCUT2D eigenvalue weighted by atomic mass is 32.2. The van der Waals surface area contributed by atoms with E-state index in [9.17, 15) is 13.2 Å². The number of ether oxygens (including phenoxy) is 1. The molecule has 8 nitrogen and oxygen atoms in total. The highest BCUT2D eigenvalue weighted by Crippen LogP contribution is 2.28. The van der Waals surface area contributed by atoms with E-state index in [-0.39, 0.29) is 29.1 Å². The van der Waals surface area contributed by atoms with Gasteiger partial charge in [-0.2, -0.15) is 0 Å². The van der Waals surface area contributed by atoms with Gasteiger partial charge in [0.2, 0.25) is 15.9 Å². The molecule has 2 N–H and O–H groups in total. The van der Waals surface area contributed by atoms with Crippen LogP contribution in [0.1, 0.15) is 6.92 Å². The molecule has 0 spiro atoms. The lowest BCUT2D eigenvalue weighted by Gasteiger charge is -2.33. The van der Waals surface area contributed by atoms with Crippen molar-refractivity contribution in [3.8, 4) is 5.75 Å². The van der Waals surface area contributed by atoms with Crippen LogP contribution in [-0.2, 0) is 14.8 Å².